The van der Waals surface area contributed by atoms with Gasteiger partial charge in [-0.1, -0.05) is 17.7 Å². The third kappa shape index (κ3) is 4.27. The van der Waals surface area contributed by atoms with Crippen molar-refractivity contribution in [2.24, 2.45) is 0 Å². The highest BCUT2D eigenvalue weighted by atomic mass is 35.5. The van der Waals surface area contributed by atoms with Gasteiger partial charge in [-0.15, -0.1) is 0 Å². The molecule has 27 heavy (non-hydrogen) atoms. The van der Waals surface area contributed by atoms with E-state index in [1.54, 1.807) is 30.3 Å². The van der Waals surface area contributed by atoms with E-state index in [-0.39, 0.29) is 16.3 Å². The zero-order valence-electron chi connectivity index (χ0n) is 14.2. The summed E-state index contributed by atoms with van der Waals surface area (Å²) in [5, 5.41) is 0.454. The maximum Gasteiger partial charge on any atom is 0.362 e. The number of carbonyl (C=O) groups is 1. The minimum atomic E-state index is -3.73. The predicted octanol–water partition coefficient (Wildman–Crippen LogP) is 3.78. The average molecular weight is 403 g/mol. The number of esters is 1. The van der Waals surface area contributed by atoms with Crippen molar-refractivity contribution in [3.05, 3.63) is 83.6 Å². The number of nitrogens with zero attached hydrogens (tertiary/aromatic N) is 2. The van der Waals surface area contributed by atoms with Crippen LogP contribution in [-0.2, 0) is 10.0 Å². The number of aromatic nitrogens is 1. The van der Waals surface area contributed by atoms with Gasteiger partial charge in [-0.05, 0) is 60.7 Å². The molecule has 0 aliphatic heterocycles. The number of ether oxygens (including phenoxy) is 1. The number of benzene rings is 2. The second-order valence-electron chi connectivity index (χ2n) is 5.52. The fourth-order valence-electron chi connectivity index (χ4n) is 2.27. The fourth-order valence-corrected chi connectivity index (χ4v) is 3.59. The SMILES string of the molecule is CN(c1ccc(OC(=O)c2ccccn2)cc1)S(=O)(=O)c1ccc(Cl)cc1. The van der Waals surface area contributed by atoms with E-state index in [0.29, 0.717) is 10.7 Å². The van der Waals surface area contributed by atoms with Gasteiger partial charge >= 0.3 is 5.97 Å². The standard InChI is InChI=1S/C19H15ClN2O4S/c1-22(27(24,25)17-11-5-14(20)6-12-17)15-7-9-16(10-8-15)26-19(23)18-4-2-3-13-21-18/h2-13H,1H3. The molecule has 0 spiro atoms. The molecule has 0 N–H and O–H groups in total. The summed E-state index contributed by atoms with van der Waals surface area (Å²) >= 11 is 5.81. The Morgan fingerprint density at radius 3 is 2.26 bits per heavy atom. The monoisotopic (exact) mass is 402 g/mol. The van der Waals surface area contributed by atoms with Gasteiger partial charge in [0, 0.05) is 18.3 Å². The summed E-state index contributed by atoms with van der Waals surface area (Å²) in [5.74, 6) is -0.308. The van der Waals surface area contributed by atoms with Crippen LogP contribution in [0.15, 0.2) is 77.8 Å². The highest BCUT2D eigenvalue weighted by molar-refractivity contribution is 7.92. The zero-order chi connectivity index (χ0) is 19.4. The Labute approximate surface area is 162 Å². The number of sulfonamides is 1. The van der Waals surface area contributed by atoms with Crippen LogP contribution in [0.25, 0.3) is 0 Å². The van der Waals surface area contributed by atoms with Gasteiger partial charge in [-0.3, -0.25) is 4.31 Å². The molecule has 0 saturated carbocycles. The van der Waals surface area contributed by atoms with Crippen LogP contribution in [0.5, 0.6) is 5.75 Å². The van der Waals surface area contributed by atoms with Gasteiger partial charge in [-0.2, -0.15) is 0 Å². The van der Waals surface area contributed by atoms with E-state index in [9.17, 15) is 13.2 Å². The molecular weight excluding hydrogens is 388 g/mol. The molecule has 0 atom stereocenters. The summed E-state index contributed by atoms with van der Waals surface area (Å²) in [7, 11) is -2.29. The van der Waals surface area contributed by atoms with Crippen LogP contribution in [0.1, 0.15) is 10.5 Å². The Bertz CT molecular complexity index is 1040. The number of pyridine rings is 1. The van der Waals surface area contributed by atoms with Crippen molar-refractivity contribution in [2.75, 3.05) is 11.4 Å². The highest BCUT2D eigenvalue weighted by Crippen LogP contribution is 2.25. The van der Waals surface area contributed by atoms with Crippen molar-refractivity contribution in [3.8, 4) is 5.75 Å². The highest BCUT2D eigenvalue weighted by Gasteiger charge is 2.21. The maximum atomic E-state index is 12.7. The molecule has 0 aliphatic rings. The van der Waals surface area contributed by atoms with E-state index in [4.69, 9.17) is 16.3 Å². The van der Waals surface area contributed by atoms with Gasteiger partial charge in [0.15, 0.2) is 0 Å². The molecule has 6 nitrogen and oxygen atoms in total. The van der Waals surface area contributed by atoms with Crippen molar-refractivity contribution >= 4 is 33.3 Å². The van der Waals surface area contributed by atoms with E-state index in [1.165, 1.54) is 49.6 Å². The minimum absolute atomic E-state index is 0.125. The lowest BCUT2D eigenvalue weighted by Crippen LogP contribution is -2.26. The molecule has 0 bridgehead atoms. The number of halogens is 1. The fraction of sp³-hybridized carbons (Fsp3) is 0.0526. The van der Waals surface area contributed by atoms with Crippen LogP contribution in [0.3, 0.4) is 0 Å². The van der Waals surface area contributed by atoms with Gasteiger partial charge < -0.3 is 4.74 Å². The molecule has 2 aromatic carbocycles. The van der Waals surface area contributed by atoms with Crippen molar-refractivity contribution in [2.45, 2.75) is 4.90 Å². The van der Waals surface area contributed by atoms with Crippen molar-refractivity contribution in [3.63, 3.8) is 0 Å². The number of carbonyl (C=O) groups excluding carboxylic acids is 1. The molecule has 3 rings (SSSR count). The number of hydrogen-bond acceptors (Lipinski definition) is 5. The molecule has 8 heteroatoms. The Balaban J connectivity index is 1.76. The van der Waals surface area contributed by atoms with Gasteiger partial charge in [0.25, 0.3) is 10.0 Å². The first-order valence-corrected chi connectivity index (χ1v) is 9.67. The molecule has 0 fully saturated rings. The summed E-state index contributed by atoms with van der Waals surface area (Å²) < 4.78 is 31.7. The summed E-state index contributed by atoms with van der Waals surface area (Å²) in [6.07, 6.45) is 1.50. The molecule has 0 unspecified atom stereocenters. The smallest absolute Gasteiger partial charge is 0.362 e. The van der Waals surface area contributed by atoms with Gasteiger partial charge in [0.05, 0.1) is 10.6 Å². The Kier molecular flexibility index (Phi) is 5.43. The minimum Gasteiger partial charge on any atom is -0.422 e. The Hall–Kier alpha value is -2.90. The normalized spacial score (nSPS) is 11.0. The van der Waals surface area contributed by atoms with Crippen LogP contribution in [0.2, 0.25) is 5.02 Å². The van der Waals surface area contributed by atoms with Crippen molar-refractivity contribution in [1.82, 2.24) is 4.98 Å². The summed E-state index contributed by atoms with van der Waals surface area (Å²) in [5.41, 5.74) is 0.603. The van der Waals surface area contributed by atoms with Crippen LogP contribution in [0, 0.1) is 0 Å². The molecule has 1 heterocycles. The largest absolute Gasteiger partial charge is 0.422 e. The molecule has 0 aliphatic carbocycles. The van der Waals surface area contributed by atoms with Crippen LogP contribution in [-0.4, -0.2) is 26.4 Å². The third-order valence-corrected chi connectivity index (χ3v) is 5.81. The lowest BCUT2D eigenvalue weighted by molar-refractivity contribution is 0.0728. The molecular formula is C19H15ClN2O4S. The van der Waals surface area contributed by atoms with Crippen LogP contribution < -0.4 is 9.04 Å². The zero-order valence-corrected chi connectivity index (χ0v) is 15.8. The first-order chi connectivity index (χ1) is 12.9. The van der Waals surface area contributed by atoms with E-state index in [0.717, 1.165) is 4.31 Å². The second-order valence-corrected chi connectivity index (χ2v) is 7.93. The lowest BCUT2D eigenvalue weighted by atomic mass is 10.3. The number of anilines is 1. The van der Waals surface area contributed by atoms with Gasteiger partial charge in [0.2, 0.25) is 0 Å². The summed E-state index contributed by atoms with van der Waals surface area (Å²) in [6.45, 7) is 0. The third-order valence-electron chi connectivity index (χ3n) is 3.76. The van der Waals surface area contributed by atoms with Crippen LogP contribution in [0.4, 0.5) is 5.69 Å². The molecule has 0 amide bonds. The Morgan fingerprint density at radius 2 is 1.67 bits per heavy atom. The molecule has 3 aromatic rings. The predicted molar refractivity (Wildman–Crippen MR) is 103 cm³/mol. The van der Waals surface area contributed by atoms with Gasteiger partial charge in [-0.25, -0.2) is 18.2 Å². The first-order valence-electron chi connectivity index (χ1n) is 7.86. The molecule has 0 saturated heterocycles. The number of hydrogen-bond donors (Lipinski definition) is 0. The summed E-state index contributed by atoms with van der Waals surface area (Å²) in [4.78, 5) is 16.0. The molecule has 0 radical (unpaired) electrons. The van der Waals surface area contributed by atoms with Crippen LogP contribution >= 0.6 is 11.6 Å². The lowest BCUT2D eigenvalue weighted by Gasteiger charge is -2.19. The molecule has 138 valence electrons. The molecule has 1 aromatic heterocycles. The van der Waals surface area contributed by atoms with Gasteiger partial charge in [0.1, 0.15) is 11.4 Å². The number of rotatable bonds is 5. The Morgan fingerprint density at radius 1 is 1.00 bits per heavy atom. The van der Waals surface area contributed by atoms with E-state index < -0.39 is 16.0 Å². The van der Waals surface area contributed by atoms with Crippen molar-refractivity contribution in [1.29, 1.82) is 0 Å². The van der Waals surface area contributed by atoms with E-state index in [2.05, 4.69) is 4.98 Å². The first kappa shape index (κ1) is 18.9. The topological polar surface area (TPSA) is 76.6 Å². The second kappa shape index (κ2) is 7.77. The maximum absolute atomic E-state index is 12.7. The van der Waals surface area contributed by atoms with E-state index >= 15 is 0 Å². The quantitative estimate of drug-likeness (QED) is 0.479. The average Bonchev–Trinajstić information content (AvgIpc) is 2.69. The van der Waals surface area contributed by atoms with Crippen molar-refractivity contribution < 1.29 is 17.9 Å². The van der Waals surface area contributed by atoms with E-state index in [1.807, 2.05) is 0 Å². The summed E-state index contributed by atoms with van der Waals surface area (Å²) in [6, 6.07) is 17.0.